The zero-order valence-electron chi connectivity index (χ0n) is 11.0. The van der Waals surface area contributed by atoms with Gasteiger partial charge in [-0.1, -0.05) is 0 Å². The zero-order valence-corrected chi connectivity index (χ0v) is 11.0. The first-order chi connectivity index (χ1) is 8.74. The van der Waals surface area contributed by atoms with Crippen LogP contribution in [0.25, 0.3) is 0 Å². The van der Waals surface area contributed by atoms with Gasteiger partial charge in [-0.3, -0.25) is 0 Å². The molecule has 4 nitrogen and oxygen atoms in total. The fourth-order valence-electron chi connectivity index (χ4n) is 2.51. The van der Waals surface area contributed by atoms with Gasteiger partial charge < -0.3 is 19.9 Å². The molecule has 1 fully saturated rings. The van der Waals surface area contributed by atoms with E-state index < -0.39 is 0 Å². The highest BCUT2D eigenvalue weighted by Gasteiger charge is 2.26. The summed E-state index contributed by atoms with van der Waals surface area (Å²) in [6.45, 7) is 0.632. The lowest BCUT2D eigenvalue weighted by atomic mass is 10.1. The second-order valence-corrected chi connectivity index (χ2v) is 4.69. The number of hydrogen-bond acceptors (Lipinski definition) is 4. The van der Waals surface area contributed by atoms with Crippen LogP contribution in [-0.4, -0.2) is 31.5 Å². The quantitative estimate of drug-likeness (QED) is 0.841. The van der Waals surface area contributed by atoms with Crippen LogP contribution in [0.5, 0.6) is 11.5 Å². The third-order valence-corrected chi connectivity index (χ3v) is 3.60. The summed E-state index contributed by atoms with van der Waals surface area (Å²) < 4.78 is 10.6. The maximum Gasteiger partial charge on any atom is 0.120 e. The average Bonchev–Trinajstić information content (AvgIpc) is 2.85. The number of hydrogen-bond donors (Lipinski definition) is 2. The van der Waals surface area contributed by atoms with Crippen LogP contribution < -0.4 is 10.1 Å². The maximum atomic E-state index is 9.80. The first kappa shape index (κ1) is 13.2. The van der Waals surface area contributed by atoms with Gasteiger partial charge in [0.2, 0.25) is 0 Å². The summed E-state index contributed by atoms with van der Waals surface area (Å²) in [5.41, 5.74) is 0.858. The molecule has 2 unspecified atom stereocenters. The second-order valence-electron chi connectivity index (χ2n) is 4.69. The summed E-state index contributed by atoms with van der Waals surface area (Å²) in [4.78, 5) is 0. The molecule has 0 bridgehead atoms. The van der Waals surface area contributed by atoms with Crippen molar-refractivity contribution in [3.05, 3.63) is 23.8 Å². The maximum absolute atomic E-state index is 9.80. The molecule has 2 atom stereocenters. The number of phenolic OH excluding ortho intramolecular Hbond substituents is 1. The third-order valence-electron chi connectivity index (χ3n) is 3.60. The van der Waals surface area contributed by atoms with Gasteiger partial charge in [0.25, 0.3) is 0 Å². The number of phenols is 1. The molecule has 100 valence electrons. The molecule has 1 saturated carbocycles. The van der Waals surface area contributed by atoms with E-state index in [4.69, 9.17) is 9.47 Å². The lowest BCUT2D eigenvalue weighted by Crippen LogP contribution is -2.36. The minimum Gasteiger partial charge on any atom is -0.508 e. The summed E-state index contributed by atoms with van der Waals surface area (Å²) in [6, 6.07) is 5.66. The fourth-order valence-corrected chi connectivity index (χ4v) is 2.51. The van der Waals surface area contributed by atoms with Gasteiger partial charge in [-0.25, -0.2) is 0 Å². The standard InChI is InChI=1S/C14H21NO3/c1-17-11-6-7-13(16)10(8-11)9-15-12-4-3-5-14(12)18-2/h6-8,12,14-16H,3-5,9H2,1-2H3. The molecule has 1 aromatic carbocycles. The van der Waals surface area contributed by atoms with Gasteiger partial charge in [0.1, 0.15) is 11.5 Å². The van der Waals surface area contributed by atoms with Gasteiger partial charge >= 0.3 is 0 Å². The van der Waals surface area contributed by atoms with E-state index in [1.54, 1.807) is 26.4 Å². The molecule has 0 amide bonds. The number of methoxy groups -OCH3 is 2. The summed E-state index contributed by atoms with van der Waals surface area (Å²) in [6.07, 6.45) is 3.72. The molecular weight excluding hydrogens is 230 g/mol. The highest BCUT2D eigenvalue weighted by molar-refractivity contribution is 5.39. The lowest BCUT2D eigenvalue weighted by molar-refractivity contribution is 0.0846. The molecule has 0 radical (unpaired) electrons. The Kier molecular flexibility index (Phi) is 4.44. The molecule has 1 aromatic rings. The van der Waals surface area contributed by atoms with E-state index in [1.165, 1.54) is 6.42 Å². The summed E-state index contributed by atoms with van der Waals surface area (Å²) in [7, 11) is 3.38. The number of nitrogens with one attached hydrogen (secondary N) is 1. The van der Waals surface area contributed by atoms with Gasteiger partial charge in [0, 0.05) is 25.3 Å². The predicted molar refractivity (Wildman–Crippen MR) is 69.9 cm³/mol. The Bertz CT molecular complexity index is 395. The van der Waals surface area contributed by atoms with Crippen molar-refractivity contribution >= 4 is 0 Å². The van der Waals surface area contributed by atoms with Crippen LogP contribution in [-0.2, 0) is 11.3 Å². The minimum absolute atomic E-state index is 0.290. The van der Waals surface area contributed by atoms with Crippen molar-refractivity contribution in [2.75, 3.05) is 14.2 Å². The Hall–Kier alpha value is -1.26. The summed E-state index contributed by atoms with van der Waals surface area (Å²) >= 11 is 0. The van der Waals surface area contributed by atoms with Crippen LogP contribution in [0, 0.1) is 0 Å². The molecule has 0 aliphatic heterocycles. The van der Waals surface area contributed by atoms with Crippen molar-refractivity contribution in [1.82, 2.24) is 5.32 Å². The first-order valence-corrected chi connectivity index (χ1v) is 6.36. The number of aromatic hydroxyl groups is 1. The van der Waals surface area contributed by atoms with Gasteiger partial charge in [0.15, 0.2) is 0 Å². The van der Waals surface area contributed by atoms with Crippen LogP contribution in [0.4, 0.5) is 0 Å². The molecule has 1 aliphatic carbocycles. The van der Waals surface area contributed by atoms with Crippen molar-refractivity contribution in [2.45, 2.75) is 38.0 Å². The van der Waals surface area contributed by atoms with Gasteiger partial charge in [-0.05, 0) is 37.5 Å². The monoisotopic (exact) mass is 251 g/mol. The van der Waals surface area contributed by atoms with Crippen LogP contribution in [0.2, 0.25) is 0 Å². The van der Waals surface area contributed by atoms with E-state index in [2.05, 4.69) is 5.32 Å². The van der Waals surface area contributed by atoms with Gasteiger partial charge in [-0.15, -0.1) is 0 Å². The number of rotatable bonds is 5. The first-order valence-electron chi connectivity index (χ1n) is 6.36. The molecule has 0 heterocycles. The van der Waals surface area contributed by atoms with Crippen LogP contribution in [0.15, 0.2) is 18.2 Å². The molecule has 0 saturated heterocycles. The molecule has 4 heteroatoms. The Morgan fingerprint density at radius 1 is 1.33 bits per heavy atom. The van der Waals surface area contributed by atoms with Crippen LogP contribution in [0.3, 0.4) is 0 Å². The molecule has 2 rings (SSSR count). The van der Waals surface area contributed by atoms with Crippen molar-refractivity contribution in [3.8, 4) is 11.5 Å². The van der Waals surface area contributed by atoms with Crippen molar-refractivity contribution in [1.29, 1.82) is 0 Å². The van der Waals surface area contributed by atoms with E-state index >= 15 is 0 Å². The number of ether oxygens (including phenoxy) is 2. The largest absolute Gasteiger partial charge is 0.508 e. The minimum atomic E-state index is 0.290. The highest BCUT2D eigenvalue weighted by atomic mass is 16.5. The fraction of sp³-hybridized carbons (Fsp3) is 0.571. The Morgan fingerprint density at radius 3 is 2.89 bits per heavy atom. The van der Waals surface area contributed by atoms with Gasteiger partial charge in [-0.2, -0.15) is 0 Å². The molecule has 2 N–H and O–H groups in total. The van der Waals surface area contributed by atoms with E-state index in [9.17, 15) is 5.11 Å². The zero-order chi connectivity index (χ0) is 13.0. The predicted octanol–water partition coefficient (Wildman–Crippen LogP) is 2.06. The van der Waals surface area contributed by atoms with Crippen molar-refractivity contribution in [3.63, 3.8) is 0 Å². The normalized spacial score (nSPS) is 23.2. The summed E-state index contributed by atoms with van der Waals surface area (Å²) in [5.74, 6) is 1.06. The Balaban J connectivity index is 1.97. The van der Waals surface area contributed by atoms with Crippen molar-refractivity contribution in [2.24, 2.45) is 0 Å². The number of benzene rings is 1. The smallest absolute Gasteiger partial charge is 0.120 e. The van der Waals surface area contributed by atoms with Gasteiger partial charge in [0.05, 0.1) is 13.2 Å². The summed E-state index contributed by atoms with van der Waals surface area (Å²) in [5, 5.41) is 13.3. The molecule has 0 aromatic heterocycles. The Morgan fingerprint density at radius 2 is 2.17 bits per heavy atom. The highest BCUT2D eigenvalue weighted by Crippen LogP contribution is 2.25. The van der Waals surface area contributed by atoms with E-state index in [1.807, 2.05) is 6.07 Å². The SMILES string of the molecule is COc1ccc(O)c(CNC2CCCC2OC)c1. The third kappa shape index (κ3) is 2.94. The molecular formula is C14H21NO3. The molecule has 18 heavy (non-hydrogen) atoms. The second kappa shape index (κ2) is 6.07. The topological polar surface area (TPSA) is 50.7 Å². The van der Waals surface area contributed by atoms with Crippen LogP contribution >= 0.6 is 0 Å². The van der Waals surface area contributed by atoms with E-state index in [-0.39, 0.29) is 6.10 Å². The van der Waals surface area contributed by atoms with E-state index in [0.29, 0.717) is 18.3 Å². The van der Waals surface area contributed by atoms with Crippen LogP contribution in [0.1, 0.15) is 24.8 Å². The average molecular weight is 251 g/mol. The molecule has 0 spiro atoms. The molecule has 1 aliphatic rings. The lowest BCUT2D eigenvalue weighted by Gasteiger charge is -2.20. The van der Waals surface area contributed by atoms with E-state index in [0.717, 1.165) is 24.2 Å². The Labute approximate surface area is 108 Å². The van der Waals surface area contributed by atoms with Crippen molar-refractivity contribution < 1.29 is 14.6 Å².